The van der Waals surface area contributed by atoms with Crippen molar-refractivity contribution in [3.05, 3.63) is 0 Å². The van der Waals surface area contributed by atoms with Gasteiger partial charge in [-0.15, -0.1) is 0 Å². The maximum atomic E-state index is 11.9. The molecule has 0 fully saturated rings. The fraction of sp³-hybridized carbons (Fsp3) is 0.947. The molecule has 2 nitrogen and oxygen atoms in total. The summed E-state index contributed by atoms with van der Waals surface area (Å²) in [6.07, 6.45) is 11.2. The van der Waals surface area contributed by atoms with E-state index in [1.165, 1.54) is 38.5 Å². The zero-order chi connectivity index (χ0) is 24.6. The molecule has 0 rings (SSSR count). The van der Waals surface area contributed by atoms with Gasteiger partial charge in [-0.1, -0.05) is 187 Å². The minimum Gasteiger partial charge on any atom is -0.467 e. The molecule has 0 radical (unpaired) electrons. The predicted molar refractivity (Wildman–Crippen MR) is 141 cm³/mol. The molecular formula is C19H28Cl10O2. The number of carbonyl (C=O) groups excluding carboxylic acids is 1. The van der Waals surface area contributed by atoms with E-state index in [4.69, 9.17) is 116 Å². The highest BCUT2D eigenvalue weighted by atomic mass is 35.6. The number of unbranched alkanes of at least 4 members (excludes halogenated alkanes) is 9. The fourth-order valence-corrected chi connectivity index (χ4v) is 5.96. The first-order chi connectivity index (χ1) is 14.0. The Morgan fingerprint density at radius 2 is 1.00 bits per heavy atom. The van der Waals surface area contributed by atoms with Crippen molar-refractivity contribution in [2.45, 2.75) is 99.2 Å². The van der Waals surface area contributed by atoms with E-state index in [0.717, 1.165) is 26.4 Å². The molecule has 0 bridgehead atoms. The summed E-state index contributed by atoms with van der Waals surface area (Å²) in [6.45, 7) is 2.20. The molecule has 12 heteroatoms. The van der Waals surface area contributed by atoms with Crippen LogP contribution >= 0.6 is 116 Å². The number of halogens is 10. The third-order valence-electron chi connectivity index (χ3n) is 4.93. The molecule has 0 saturated carbocycles. The highest BCUT2D eigenvalue weighted by Crippen LogP contribution is 2.66. The standard InChI is InChI=1S/C19H28Cl10O2/c1-3-4-5-6-7-8-9-10-11-12-13-15(20,21)17(24,25)19(28,29)18(26,27)16(22,23)14(30)31-2/h3-13H2,1-2H3. The van der Waals surface area contributed by atoms with Gasteiger partial charge < -0.3 is 4.74 Å². The molecule has 31 heavy (non-hydrogen) atoms. The molecule has 0 spiro atoms. The second kappa shape index (κ2) is 14.2. The highest BCUT2D eigenvalue weighted by molar-refractivity contribution is 6.78. The van der Waals surface area contributed by atoms with Crippen LogP contribution in [0.4, 0.5) is 0 Å². The number of esters is 1. The van der Waals surface area contributed by atoms with E-state index in [9.17, 15) is 4.79 Å². The van der Waals surface area contributed by atoms with Crippen LogP contribution in [0.1, 0.15) is 77.6 Å². The van der Waals surface area contributed by atoms with Gasteiger partial charge in [0.15, 0.2) is 17.3 Å². The summed E-state index contributed by atoms with van der Waals surface area (Å²) in [7, 11) is 1.02. The summed E-state index contributed by atoms with van der Waals surface area (Å²) in [4.78, 5) is 11.9. The lowest BCUT2D eigenvalue weighted by molar-refractivity contribution is -0.141. The largest absolute Gasteiger partial charge is 0.467 e. The number of ether oxygens (including phenoxy) is 1. The predicted octanol–water partition coefficient (Wildman–Crippen LogP) is 10.3. The Bertz CT molecular complexity index is 550. The first-order valence-electron chi connectivity index (χ1n) is 10.0. The lowest BCUT2D eigenvalue weighted by Crippen LogP contribution is -2.64. The van der Waals surface area contributed by atoms with Gasteiger partial charge in [-0.25, -0.2) is 4.79 Å². The van der Waals surface area contributed by atoms with Crippen LogP contribution in [0.2, 0.25) is 0 Å². The monoisotopic (exact) mass is 638 g/mol. The molecule has 0 amide bonds. The molecule has 0 aromatic rings. The van der Waals surface area contributed by atoms with E-state index >= 15 is 0 Å². The Labute approximate surface area is 236 Å². The van der Waals surface area contributed by atoms with E-state index in [0.29, 0.717) is 6.42 Å². The van der Waals surface area contributed by atoms with Crippen molar-refractivity contribution in [1.82, 2.24) is 0 Å². The second-order valence-corrected chi connectivity index (χ2v) is 14.2. The van der Waals surface area contributed by atoms with Gasteiger partial charge in [0.05, 0.1) is 7.11 Å². The summed E-state index contributed by atoms with van der Waals surface area (Å²) in [5, 5.41) is 0. The quantitative estimate of drug-likeness (QED) is 0.0951. The van der Waals surface area contributed by atoms with Crippen LogP contribution in [0.3, 0.4) is 0 Å². The van der Waals surface area contributed by atoms with Crippen LogP contribution in [0.5, 0.6) is 0 Å². The summed E-state index contributed by atoms with van der Waals surface area (Å²) >= 11 is 62.6. The van der Waals surface area contributed by atoms with Crippen molar-refractivity contribution in [2.75, 3.05) is 7.11 Å². The van der Waals surface area contributed by atoms with Gasteiger partial charge in [0.25, 0.3) is 0 Å². The van der Waals surface area contributed by atoms with Crippen LogP contribution in [-0.4, -0.2) is 34.7 Å². The number of alkyl halides is 10. The van der Waals surface area contributed by atoms with E-state index < -0.39 is 27.6 Å². The van der Waals surface area contributed by atoms with Crippen molar-refractivity contribution in [2.24, 2.45) is 0 Å². The minimum atomic E-state index is -2.66. The van der Waals surface area contributed by atoms with Gasteiger partial charge in [0.1, 0.15) is 0 Å². The number of hydrogen-bond donors (Lipinski definition) is 0. The van der Waals surface area contributed by atoms with Crippen molar-refractivity contribution < 1.29 is 9.53 Å². The summed E-state index contributed by atoms with van der Waals surface area (Å²) < 4.78 is -7.66. The van der Waals surface area contributed by atoms with Crippen LogP contribution in [0.15, 0.2) is 0 Å². The molecule has 0 heterocycles. The lowest BCUT2D eigenvalue weighted by Gasteiger charge is -2.48. The lowest BCUT2D eigenvalue weighted by atomic mass is 10.0. The Morgan fingerprint density at radius 1 is 0.613 bits per heavy atom. The Kier molecular flexibility index (Phi) is 15.3. The number of carbonyl (C=O) groups is 1. The van der Waals surface area contributed by atoms with Crippen LogP contribution in [0.25, 0.3) is 0 Å². The molecule has 0 aliphatic carbocycles. The van der Waals surface area contributed by atoms with E-state index in [1.54, 1.807) is 0 Å². The number of methoxy groups -OCH3 is 1. The number of hydrogen-bond acceptors (Lipinski definition) is 2. The molecule has 0 N–H and O–H groups in total. The molecular weight excluding hydrogens is 615 g/mol. The maximum Gasteiger partial charge on any atom is 0.345 e. The highest BCUT2D eigenvalue weighted by Gasteiger charge is 2.75. The molecule has 0 aliphatic rings. The smallest absolute Gasteiger partial charge is 0.345 e. The summed E-state index contributed by atoms with van der Waals surface area (Å²) in [5.41, 5.74) is 0. The summed E-state index contributed by atoms with van der Waals surface area (Å²) in [6, 6.07) is 0. The van der Waals surface area contributed by atoms with Crippen LogP contribution < -0.4 is 0 Å². The van der Waals surface area contributed by atoms with Crippen LogP contribution in [-0.2, 0) is 9.53 Å². The molecule has 0 aromatic carbocycles. The average molecular weight is 643 g/mol. The van der Waals surface area contributed by atoms with Crippen molar-refractivity contribution in [3.8, 4) is 0 Å². The Morgan fingerprint density at radius 3 is 1.39 bits per heavy atom. The molecule has 186 valence electrons. The second-order valence-electron chi connectivity index (χ2n) is 7.43. The van der Waals surface area contributed by atoms with E-state index in [1.807, 2.05) is 0 Å². The molecule has 0 unspecified atom stereocenters. The van der Waals surface area contributed by atoms with Crippen molar-refractivity contribution >= 4 is 122 Å². The average Bonchev–Trinajstić information content (AvgIpc) is 2.67. The Hall–Kier alpha value is 2.37. The van der Waals surface area contributed by atoms with Crippen LogP contribution in [0, 0.1) is 0 Å². The Balaban J connectivity index is 4.93. The first-order valence-corrected chi connectivity index (χ1v) is 13.8. The summed E-state index contributed by atoms with van der Waals surface area (Å²) in [5.74, 6) is -1.22. The third-order valence-corrected chi connectivity index (χ3v) is 11.8. The van der Waals surface area contributed by atoms with Gasteiger partial charge in [-0.2, -0.15) is 0 Å². The molecule has 0 saturated heterocycles. The van der Waals surface area contributed by atoms with Gasteiger partial charge >= 0.3 is 5.97 Å². The normalized spacial score (nSPS) is 14.1. The van der Waals surface area contributed by atoms with E-state index in [2.05, 4.69) is 11.7 Å². The van der Waals surface area contributed by atoms with Gasteiger partial charge in [-0.3, -0.25) is 0 Å². The van der Waals surface area contributed by atoms with Gasteiger partial charge in [-0.05, 0) is 6.42 Å². The molecule has 0 aromatic heterocycles. The first kappa shape index (κ1) is 33.4. The number of rotatable bonds is 16. The fourth-order valence-electron chi connectivity index (χ4n) is 2.87. The maximum absolute atomic E-state index is 11.9. The minimum absolute atomic E-state index is 0.125. The van der Waals surface area contributed by atoms with Gasteiger partial charge in [0.2, 0.25) is 4.33 Å². The van der Waals surface area contributed by atoms with Gasteiger partial charge in [0, 0.05) is 0 Å². The molecule has 0 aliphatic heterocycles. The van der Waals surface area contributed by atoms with E-state index in [-0.39, 0.29) is 6.42 Å². The zero-order valence-corrected chi connectivity index (χ0v) is 24.9. The topological polar surface area (TPSA) is 26.3 Å². The SMILES string of the molecule is CCCCCCCCCCCCC(Cl)(Cl)C(Cl)(Cl)C(Cl)(Cl)C(Cl)(Cl)C(Cl)(Cl)C(=O)OC. The van der Waals surface area contributed by atoms with Crippen molar-refractivity contribution in [3.63, 3.8) is 0 Å². The van der Waals surface area contributed by atoms with Crippen molar-refractivity contribution in [1.29, 1.82) is 0 Å². The third kappa shape index (κ3) is 8.47. The molecule has 0 atom stereocenters. The zero-order valence-electron chi connectivity index (χ0n) is 17.4.